The number of nitrogens with zero attached hydrogens (tertiary/aromatic N) is 2. The van der Waals surface area contributed by atoms with E-state index in [4.69, 9.17) is 24.0 Å². The number of ether oxygens (including phenoxy) is 3. The molecule has 0 aliphatic rings. The zero-order chi connectivity index (χ0) is 25.3. The van der Waals surface area contributed by atoms with E-state index in [9.17, 15) is 9.59 Å². The summed E-state index contributed by atoms with van der Waals surface area (Å²) in [5.74, 6) is -0.0943. The quantitative estimate of drug-likeness (QED) is 0.0935. The smallest absolute Gasteiger partial charge is 0.330 e. The van der Waals surface area contributed by atoms with Crippen molar-refractivity contribution >= 4 is 24.4 Å². The molecule has 2 aromatic rings. The molecule has 0 saturated carbocycles. The van der Waals surface area contributed by atoms with E-state index in [1.807, 2.05) is 38.1 Å². The fraction of sp³-hybridized carbons (Fsp3) is 0.308. The summed E-state index contributed by atoms with van der Waals surface area (Å²) >= 11 is 0. The van der Waals surface area contributed by atoms with Gasteiger partial charge in [-0.1, -0.05) is 36.4 Å². The largest absolute Gasteiger partial charge is 0.490 e. The van der Waals surface area contributed by atoms with Crippen LogP contribution in [0.3, 0.4) is 0 Å². The highest BCUT2D eigenvalue weighted by molar-refractivity contribution is 5.83. The summed E-state index contributed by atoms with van der Waals surface area (Å²) in [6, 6.07) is 13.2. The fourth-order valence-electron chi connectivity index (χ4n) is 2.60. The number of hydrogen-bond donors (Lipinski definition) is 0. The molecule has 9 nitrogen and oxygen atoms in total. The van der Waals surface area contributed by atoms with Gasteiger partial charge in [0.15, 0.2) is 5.75 Å². The number of hydrogen-bond acceptors (Lipinski definition) is 9. The molecule has 35 heavy (non-hydrogen) atoms. The molecule has 0 saturated heterocycles. The maximum Gasteiger partial charge on any atom is 0.330 e. The van der Waals surface area contributed by atoms with Gasteiger partial charge in [0.25, 0.3) is 0 Å². The van der Waals surface area contributed by atoms with Gasteiger partial charge in [-0.15, -0.1) is 0 Å². The monoisotopic (exact) mass is 482 g/mol. The molecule has 0 radical (unpaired) electrons. The predicted molar refractivity (Wildman–Crippen MR) is 132 cm³/mol. The highest BCUT2D eigenvalue weighted by Gasteiger charge is 2.08. The van der Waals surface area contributed by atoms with E-state index in [2.05, 4.69) is 16.8 Å². The maximum atomic E-state index is 11.6. The van der Waals surface area contributed by atoms with Crippen molar-refractivity contribution in [2.45, 2.75) is 26.7 Å². The Labute approximate surface area is 204 Å². The Hall–Kier alpha value is -3.98. The molecule has 9 heteroatoms. The van der Waals surface area contributed by atoms with Crippen LogP contribution in [0.4, 0.5) is 0 Å². The lowest BCUT2D eigenvalue weighted by atomic mass is 10.2. The van der Waals surface area contributed by atoms with Gasteiger partial charge in [0.05, 0.1) is 25.6 Å². The van der Waals surface area contributed by atoms with Crippen molar-refractivity contribution in [1.29, 1.82) is 0 Å². The molecule has 0 aliphatic heterocycles. The SMILES string of the molecule is C=CC(=O)OCCOC(=O)CCCOOc1ccc(C=NN=Cc2ccc(C)cc2)cc1OCC. The molecule has 0 unspecified atom stereocenters. The van der Waals surface area contributed by atoms with Gasteiger partial charge in [0.1, 0.15) is 13.2 Å². The van der Waals surface area contributed by atoms with Gasteiger partial charge in [-0.3, -0.25) is 4.79 Å². The Bertz CT molecular complexity index is 1020. The van der Waals surface area contributed by atoms with Gasteiger partial charge in [0, 0.05) is 12.5 Å². The summed E-state index contributed by atoms with van der Waals surface area (Å²) in [5, 5.41) is 8.14. The van der Waals surface area contributed by atoms with Crippen molar-refractivity contribution < 1.29 is 33.6 Å². The topological polar surface area (TPSA) is 105 Å². The Morgan fingerprint density at radius 1 is 0.914 bits per heavy atom. The average molecular weight is 483 g/mol. The van der Waals surface area contributed by atoms with Gasteiger partial charge in [-0.05, 0) is 49.6 Å². The van der Waals surface area contributed by atoms with Gasteiger partial charge in [0.2, 0.25) is 5.75 Å². The molecule has 0 bridgehead atoms. The first-order valence-electron chi connectivity index (χ1n) is 11.2. The highest BCUT2D eigenvalue weighted by atomic mass is 17.2. The van der Waals surface area contributed by atoms with Crippen LogP contribution < -0.4 is 9.62 Å². The molecule has 186 valence electrons. The zero-order valence-electron chi connectivity index (χ0n) is 20.0. The van der Waals surface area contributed by atoms with E-state index >= 15 is 0 Å². The number of carbonyl (C=O) groups is 2. The normalized spacial score (nSPS) is 10.9. The summed E-state index contributed by atoms with van der Waals surface area (Å²) < 4.78 is 15.3. The summed E-state index contributed by atoms with van der Waals surface area (Å²) in [6.45, 7) is 7.74. The minimum absolute atomic E-state index is 0.0135. The number of benzene rings is 2. The molecule has 0 amide bonds. The van der Waals surface area contributed by atoms with Crippen molar-refractivity contribution in [3.63, 3.8) is 0 Å². The van der Waals surface area contributed by atoms with Crippen LogP contribution in [0.2, 0.25) is 0 Å². The lowest BCUT2D eigenvalue weighted by molar-refractivity contribution is -0.208. The van der Waals surface area contributed by atoms with Crippen LogP contribution in [0.25, 0.3) is 0 Å². The molecule has 0 heterocycles. The summed E-state index contributed by atoms with van der Waals surface area (Å²) in [7, 11) is 0. The number of rotatable bonds is 15. The lowest BCUT2D eigenvalue weighted by Crippen LogP contribution is -2.13. The van der Waals surface area contributed by atoms with Gasteiger partial charge >= 0.3 is 11.9 Å². The first-order valence-corrected chi connectivity index (χ1v) is 11.2. The molecule has 2 aromatic carbocycles. The van der Waals surface area contributed by atoms with E-state index in [1.165, 1.54) is 5.56 Å². The Balaban J connectivity index is 1.75. The molecule has 0 aromatic heterocycles. The molecular weight excluding hydrogens is 452 g/mol. The van der Waals surface area contributed by atoms with Crippen molar-refractivity contribution in [2.75, 3.05) is 26.4 Å². The first-order chi connectivity index (χ1) is 17.0. The number of carbonyl (C=O) groups excluding carboxylic acids is 2. The second kappa shape index (κ2) is 15.8. The molecule has 0 aliphatic carbocycles. The van der Waals surface area contributed by atoms with Crippen LogP contribution in [0.5, 0.6) is 11.5 Å². The van der Waals surface area contributed by atoms with E-state index in [0.29, 0.717) is 24.5 Å². The second-order valence-corrected chi connectivity index (χ2v) is 7.14. The van der Waals surface area contributed by atoms with Crippen LogP contribution in [-0.2, 0) is 24.0 Å². The lowest BCUT2D eigenvalue weighted by Gasteiger charge is -2.11. The summed E-state index contributed by atoms with van der Waals surface area (Å²) in [6.07, 6.45) is 4.86. The van der Waals surface area contributed by atoms with Crippen LogP contribution in [0.15, 0.2) is 65.3 Å². The van der Waals surface area contributed by atoms with Crippen molar-refractivity contribution in [3.05, 3.63) is 71.8 Å². The molecular formula is C26H30N2O7. The number of aryl methyl sites for hydroxylation is 1. The molecule has 0 N–H and O–H groups in total. The third-order valence-electron chi connectivity index (χ3n) is 4.34. The Morgan fingerprint density at radius 2 is 1.60 bits per heavy atom. The van der Waals surface area contributed by atoms with E-state index in [0.717, 1.165) is 17.2 Å². The fourth-order valence-corrected chi connectivity index (χ4v) is 2.60. The first kappa shape index (κ1) is 27.3. The molecule has 2 rings (SSSR count). The van der Waals surface area contributed by atoms with Crippen molar-refractivity contribution in [2.24, 2.45) is 10.2 Å². The zero-order valence-corrected chi connectivity index (χ0v) is 20.0. The highest BCUT2D eigenvalue weighted by Crippen LogP contribution is 2.28. The third-order valence-corrected chi connectivity index (χ3v) is 4.34. The maximum absolute atomic E-state index is 11.6. The second-order valence-electron chi connectivity index (χ2n) is 7.14. The molecule has 0 spiro atoms. The average Bonchev–Trinajstić information content (AvgIpc) is 2.86. The van der Waals surface area contributed by atoms with E-state index in [1.54, 1.807) is 30.6 Å². The van der Waals surface area contributed by atoms with E-state index < -0.39 is 11.9 Å². The van der Waals surface area contributed by atoms with Crippen molar-refractivity contribution in [3.8, 4) is 11.5 Å². The third kappa shape index (κ3) is 11.1. The van der Waals surface area contributed by atoms with Crippen molar-refractivity contribution in [1.82, 2.24) is 0 Å². The minimum Gasteiger partial charge on any atom is -0.490 e. The standard InChI is InChI=1S/C26H30N2O7/c1-4-25(29)32-15-16-33-26(30)7-6-14-34-35-23-13-12-22(17-24(23)31-5-2)19-28-27-18-21-10-8-20(3)9-11-21/h4,8-13,17-19H,1,5-7,14-16H2,2-3H3. The van der Waals surface area contributed by atoms with Gasteiger partial charge in [-0.2, -0.15) is 15.1 Å². The molecule has 0 fully saturated rings. The summed E-state index contributed by atoms with van der Waals surface area (Å²) in [4.78, 5) is 33.1. The van der Waals surface area contributed by atoms with Crippen LogP contribution >= 0.6 is 0 Å². The minimum atomic E-state index is -0.565. The Morgan fingerprint density at radius 3 is 2.31 bits per heavy atom. The molecule has 0 atom stereocenters. The van der Waals surface area contributed by atoms with Crippen LogP contribution in [0.1, 0.15) is 36.5 Å². The van der Waals surface area contributed by atoms with Crippen LogP contribution in [0, 0.1) is 6.92 Å². The Kier molecular flexibility index (Phi) is 12.3. The van der Waals surface area contributed by atoms with Crippen LogP contribution in [-0.4, -0.2) is 50.8 Å². The number of esters is 2. The van der Waals surface area contributed by atoms with E-state index in [-0.39, 0.29) is 26.2 Å². The predicted octanol–water partition coefficient (Wildman–Crippen LogP) is 4.21. The summed E-state index contributed by atoms with van der Waals surface area (Å²) in [5.41, 5.74) is 2.93. The van der Waals surface area contributed by atoms with Gasteiger partial charge < -0.3 is 19.1 Å². The van der Waals surface area contributed by atoms with Gasteiger partial charge in [-0.25, -0.2) is 4.79 Å².